The number of fused-ring (bicyclic) bond motifs is 1. The van der Waals surface area contributed by atoms with Crippen LogP contribution in [0.1, 0.15) is 30.3 Å². The molecular formula is C15H18N6O2. The minimum atomic E-state index is 0.0284. The molecule has 1 aliphatic heterocycles. The maximum absolute atomic E-state index is 9.14. The Labute approximate surface area is 132 Å². The molecule has 0 spiro atoms. The van der Waals surface area contributed by atoms with Gasteiger partial charge in [0.15, 0.2) is 5.65 Å². The van der Waals surface area contributed by atoms with Crippen molar-refractivity contribution in [1.82, 2.24) is 24.9 Å². The van der Waals surface area contributed by atoms with Crippen molar-refractivity contribution in [3.63, 3.8) is 0 Å². The Morgan fingerprint density at radius 3 is 3.09 bits per heavy atom. The second kappa shape index (κ2) is 5.62. The molecular weight excluding hydrogens is 296 g/mol. The van der Waals surface area contributed by atoms with E-state index in [0.29, 0.717) is 6.54 Å². The largest absolute Gasteiger partial charge is 0.394 e. The van der Waals surface area contributed by atoms with Crippen LogP contribution in [0.4, 0.5) is 5.82 Å². The fourth-order valence-corrected chi connectivity index (χ4v) is 3.24. The highest BCUT2D eigenvalue weighted by Crippen LogP contribution is 2.37. The van der Waals surface area contributed by atoms with Crippen molar-refractivity contribution in [2.24, 2.45) is 0 Å². The van der Waals surface area contributed by atoms with Crippen molar-refractivity contribution < 1.29 is 9.63 Å². The molecule has 4 rings (SSSR count). The van der Waals surface area contributed by atoms with Crippen molar-refractivity contribution in [1.29, 1.82) is 0 Å². The summed E-state index contributed by atoms with van der Waals surface area (Å²) in [5.41, 5.74) is 1.68. The summed E-state index contributed by atoms with van der Waals surface area (Å²) in [6, 6.07) is 2.14. The zero-order valence-corrected chi connectivity index (χ0v) is 12.9. The molecule has 3 aromatic heterocycles. The number of aryl methyl sites for hydroxylation is 1. The smallest absolute Gasteiger partial charge is 0.163 e. The molecule has 1 atom stereocenters. The van der Waals surface area contributed by atoms with Crippen molar-refractivity contribution in [3.05, 3.63) is 30.0 Å². The predicted octanol–water partition coefficient (Wildman–Crippen LogP) is 1.46. The topological polar surface area (TPSA) is 93.1 Å². The van der Waals surface area contributed by atoms with E-state index in [0.717, 1.165) is 47.7 Å². The summed E-state index contributed by atoms with van der Waals surface area (Å²) >= 11 is 0. The standard InChI is InChI=1S/C15H18N6O2/c1-10-7-12(19-23-10)13-3-2-4-20(13)14-11-8-18-21(5-6-22)15(11)17-9-16-14/h7-9,13,22H,2-6H2,1H3/t13-/m0/s1. The van der Waals surface area contributed by atoms with Crippen LogP contribution in [0.15, 0.2) is 23.1 Å². The number of hydrogen-bond donors (Lipinski definition) is 1. The number of hydrogen-bond acceptors (Lipinski definition) is 7. The maximum Gasteiger partial charge on any atom is 0.163 e. The quantitative estimate of drug-likeness (QED) is 0.779. The van der Waals surface area contributed by atoms with Crippen LogP contribution in [0.3, 0.4) is 0 Å². The van der Waals surface area contributed by atoms with Gasteiger partial charge in [0, 0.05) is 12.6 Å². The summed E-state index contributed by atoms with van der Waals surface area (Å²) < 4.78 is 6.93. The van der Waals surface area contributed by atoms with Gasteiger partial charge in [-0.3, -0.25) is 0 Å². The molecule has 23 heavy (non-hydrogen) atoms. The van der Waals surface area contributed by atoms with Crippen LogP contribution in [-0.4, -0.2) is 43.2 Å². The van der Waals surface area contributed by atoms with E-state index in [-0.39, 0.29) is 12.6 Å². The van der Waals surface area contributed by atoms with Gasteiger partial charge in [-0.2, -0.15) is 5.10 Å². The molecule has 1 N–H and O–H groups in total. The van der Waals surface area contributed by atoms with Gasteiger partial charge < -0.3 is 14.5 Å². The summed E-state index contributed by atoms with van der Waals surface area (Å²) in [6.07, 6.45) is 5.41. The van der Waals surface area contributed by atoms with Gasteiger partial charge in [-0.25, -0.2) is 14.6 Å². The first-order valence-electron chi connectivity index (χ1n) is 7.75. The Hall–Kier alpha value is -2.48. The third-order valence-corrected chi connectivity index (χ3v) is 4.24. The normalized spacial score (nSPS) is 18.2. The number of aliphatic hydroxyl groups excluding tert-OH is 1. The fourth-order valence-electron chi connectivity index (χ4n) is 3.24. The molecule has 0 unspecified atom stereocenters. The fraction of sp³-hybridized carbons (Fsp3) is 0.467. The van der Waals surface area contributed by atoms with E-state index in [1.807, 2.05) is 13.0 Å². The number of nitrogens with zero attached hydrogens (tertiary/aromatic N) is 6. The molecule has 1 fully saturated rings. The van der Waals surface area contributed by atoms with Crippen molar-refractivity contribution in [2.45, 2.75) is 32.4 Å². The van der Waals surface area contributed by atoms with Gasteiger partial charge in [0.1, 0.15) is 23.6 Å². The van der Waals surface area contributed by atoms with E-state index >= 15 is 0 Å². The first kappa shape index (κ1) is 14.1. The highest BCUT2D eigenvalue weighted by Gasteiger charge is 2.31. The molecule has 1 aliphatic rings. The molecule has 0 radical (unpaired) electrons. The first-order valence-corrected chi connectivity index (χ1v) is 7.75. The Kier molecular flexibility index (Phi) is 3.45. The average Bonchev–Trinajstić information content (AvgIpc) is 3.26. The lowest BCUT2D eigenvalue weighted by molar-refractivity contribution is 0.271. The molecule has 8 nitrogen and oxygen atoms in total. The van der Waals surface area contributed by atoms with Gasteiger partial charge in [0.05, 0.1) is 30.8 Å². The van der Waals surface area contributed by atoms with E-state index in [4.69, 9.17) is 9.63 Å². The maximum atomic E-state index is 9.14. The summed E-state index contributed by atoms with van der Waals surface area (Å²) in [5, 5.41) is 18.5. The molecule has 0 bridgehead atoms. The Morgan fingerprint density at radius 2 is 2.30 bits per heavy atom. The molecule has 3 aromatic rings. The summed E-state index contributed by atoms with van der Waals surface area (Å²) in [7, 11) is 0. The van der Waals surface area contributed by atoms with Crippen LogP contribution in [0.2, 0.25) is 0 Å². The minimum Gasteiger partial charge on any atom is -0.394 e. The first-order chi connectivity index (χ1) is 11.3. The summed E-state index contributed by atoms with van der Waals surface area (Å²) in [6.45, 7) is 3.26. The van der Waals surface area contributed by atoms with E-state index in [1.54, 1.807) is 17.2 Å². The van der Waals surface area contributed by atoms with Gasteiger partial charge in [0.2, 0.25) is 0 Å². The van der Waals surface area contributed by atoms with Crippen LogP contribution >= 0.6 is 0 Å². The monoisotopic (exact) mass is 314 g/mol. The second-order valence-corrected chi connectivity index (χ2v) is 5.74. The predicted molar refractivity (Wildman–Crippen MR) is 83.0 cm³/mol. The van der Waals surface area contributed by atoms with Crippen LogP contribution in [0, 0.1) is 6.92 Å². The zero-order chi connectivity index (χ0) is 15.8. The summed E-state index contributed by atoms with van der Waals surface area (Å²) in [5.74, 6) is 1.68. The molecule has 4 heterocycles. The minimum absolute atomic E-state index is 0.0284. The highest BCUT2D eigenvalue weighted by molar-refractivity contribution is 5.87. The summed E-state index contributed by atoms with van der Waals surface area (Å²) in [4.78, 5) is 11.0. The van der Waals surface area contributed by atoms with Crippen LogP contribution in [0.5, 0.6) is 0 Å². The van der Waals surface area contributed by atoms with E-state index in [9.17, 15) is 0 Å². The highest BCUT2D eigenvalue weighted by atomic mass is 16.5. The van der Waals surface area contributed by atoms with E-state index < -0.39 is 0 Å². The zero-order valence-electron chi connectivity index (χ0n) is 12.9. The Morgan fingerprint density at radius 1 is 1.39 bits per heavy atom. The molecule has 0 amide bonds. The van der Waals surface area contributed by atoms with Gasteiger partial charge in [-0.05, 0) is 19.8 Å². The van der Waals surface area contributed by atoms with Gasteiger partial charge in [-0.15, -0.1) is 0 Å². The Bertz CT molecular complexity index is 826. The van der Waals surface area contributed by atoms with Crippen molar-refractivity contribution in [2.75, 3.05) is 18.1 Å². The lowest BCUT2D eigenvalue weighted by atomic mass is 10.1. The van der Waals surface area contributed by atoms with Gasteiger partial charge in [-0.1, -0.05) is 5.16 Å². The molecule has 0 aromatic carbocycles. The third-order valence-electron chi connectivity index (χ3n) is 4.24. The number of anilines is 1. The van der Waals surface area contributed by atoms with Crippen LogP contribution < -0.4 is 4.90 Å². The van der Waals surface area contributed by atoms with Gasteiger partial charge >= 0.3 is 0 Å². The molecule has 120 valence electrons. The SMILES string of the molecule is Cc1cc([C@@H]2CCCN2c2ncnc3c2cnn3CCO)no1. The molecule has 0 aliphatic carbocycles. The van der Waals surface area contributed by atoms with Crippen LogP contribution in [-0.2, 0) is 6.54 Å². The second-order valence-electron chi connectivity index (χ2n) is 5.74. The lowest BCUT2D eigenvalue weighted by Gasteiger charge is -2.24. The number of aromatic nitrogens is 5. The van der Waals surface area contributed by atoms with Crippen molar-refractivity contribution >= 4 is 16.9 Å². The van der Waals surface area contributed by atoms with Crippen LogP contribution in [0.25, 0.3) is 11.0 Å². The molecule has 8 heteroatoms. The number of rotatable bonds is 4. The molecule has 0 saturated carbocycles. The lowest BCUT2D eigenvalue weighted by Crippen LogP contribution is -2.24. The van der Waals surface area contributed by atoms with E-state index in [1.165, 1.54) is 0 Å². The van der Waals surface area contributed by atoms with Gasteiger partial charge in [0.25, 0.3) is 0 Å². The Balaban J connectivity index is 1.76. The third kappa shape index (κ3) is 2.35. The number of aliphatic hydroxyl groups is 1. The average molecular weight is 314 g/mol. The van der Waals surface area contributed by atoms with E-state index in [2.05, 4.69) is 25.1 Å². The van der Waals surface area contributed by atoms with Crippen molar-refractivity contribution in [3.8, 4) is 0 Å². The molecule has 1 saturated heterocycles.